The molecule has 4 nitrogen and oxygen atoms in total. The molecule has 1 N–H and O–H groups in total. The van der Waals surface area contributed by atoms with Crippen molar-refractivity contribution in [2.75, 3.05) is 6.61 Å². The summed E-state index contributed by atoms with van der Waals surface area (Å²) in [5.74, 6) is -0.156. The molecule has 21 heavy (non-hydrogen) atoms. The predicted octanol–water partition coefficient (Wildman–Crippen LogP) is 3.45. The Hall–Kier alpha value is -1.84. The van der Waals surface area contributed by atoms with Crippen molar-refractivity contribution in [2.45, 2.75) is 52.0 Å². The second kappa shape index (κ2) is 7.81. The number of carbonyl (C=O) groups excluding carboxylic acids is 1. The van der Waals surface area contributed by atoms with Gasteiger partial charge in [-0.25, -0.2) is 4.99 Å². The average molecular weight is 288 g/mol. The molecular formula is C17H24N2O2. The fourth-order valence-electron chi connectivity index (χ4n) is 2.61. The second-order valence-electron chi connectivity index (χ2n) is 5.43. The smallest absolute Gasteiger partial charge is 0.291 e. The Bertz CT molecular complexity index is 505. The van der Waals surface area contributed by atoms with Gasteiger partial charge in [0.2, 0.25) is 0 Å². The molecule has 0 aromatic heterocycles. The molecule has 2 rings (SSSR count). The zero-order chi connectivity index (χ0) is 15.1. The van der Waals surface area contributed by atoms with Gasteiger partial charge >= 0.3 is 0 Å². The largest absolute Gasteiger partial charge is 0.465 e. The van der Waals surface area contributed by atoms with Gasteiger partial charge in [-0.2, -0.15) is 0 Å². The zero-order valence-corrected chi connectivity index (χ0v) is 12.9. The third-order valence-electron chi connectivity index (χ3n) is 3.77. The van der Waals surface area contributed by atoms with E-state index >= 15 is 0 Å². The first-order valence-corrected chi connectivity index (χ1v) is 7.78. The minimum Gasteiger partial charge on any atom is -0.465 e. The summed E-state index contributed by atoms with van der Waals surface area (Å²) in [6, 6.07) is 8.16. The van der Waals surface area contributed by atoms with Crippen LogP contribution in [0.4, 0.5) is 0 Å². The summed E-state index contributed by atoms with van der Waals surface area (Å²) in [6.07, 6.45) is 5.86. The lowest BCUT2D eigenvalue weighted by Gasteiger charge is -2.19. The number of hydrogen-bond donors (Lipinski definition) is 1. The molecule has 1 aromatic rings. The maximum absolute atomic E-state index is 12.3. The fraction of sp³-hybridized carbons (Fsp3) is 0.529. The number of amides is 1. The van der Waals surface area contributed by atoms with Crippen LogP contribution in [-0.4, -0.2) is 24.6 Å². The van der Waals surface area contributed by atoms with Gasteiger partial charge in [-0.15, -0.1) is 0 Å². The molecule has 1 fully saturated rings. The first-order chi connectivity index (χ1) is 10.2. The van der Waals surface area contributed by atoms with E-state index in [2.05, 4.69) is 10.3 Å². The summed E-state index contributed by atoms with van der Waals surface area (Å²) in [6.45, 7) is 4.32. The second-order valence-corrected chi connectivity index (χ2v) is 5.43. The molecule has 1 aromatic carbocycles. The third-order valence-corrected chi connectivity index (χ3v) is 3.77. The summed E-state index contributed by atoms with van der Waals surface area (Å²) in [4.78, 5) is 16.9. The molecule has 1 amide bonds. The summed E-state index contributed by atoms with van der Waals surface area (Å²) in [7, 11) is 0. The van der Waals surface area contributed by atoms with Gasteiger partial charge < -0.3 is 4.74 Å². The predicted molar refractivity (Wildman–Crippen MR) is 84.6 cm³/mol. The van der Waals surface area contributed by atoms with E-state index in [1.54, 1.807) is 0 Å². The van der Waals surface area contributed by atoms with Crippen LogP contribution >= 0.6 is 0 Å². The molecule has 0 spiro atoms. The molecule has 0 saturated heterocycles. The van der Waals surface area contributed by atoms with Crippen LogP contribution in [0.5, 0.6) is 0 Å². The normalized spacial score (nSPS) is 16.6. The minimum absolute atomic E-state index is 0.156. The van der Waals surface area contributed by atoms with Crippen molar-refractivity contribution < 1.29 is 9.53 Å². The standard InChI is InChI=1S/C17H24N2O2/c1-3-21-17(18-14-10-5-4-6-11-14)19-16(20)15-12-8-7-9-13(15)2/h7-9,12,14H,3-6,10-11H2,1-2H3,(H,18,19,20). The number of ether oxygens (including phenoxy) is 1. The van der Waals surface area contributed by atoms with Gasteiger partial charge in [0.25, 0.3) is 11.9 Å². The monoisotopic (exact) mass is 288 g/mol. The third kappa shape index (κ3) is 4.59. The lowest BCUT2D eigenvalue weighted by atomic mass is 9.96. The van der Waals surface area contributed by atoms with Crippen LogP contribution in [0.3, 0.4) is 0 Å². The molecule has 0 bridgehead atoms. The molecule has 0 aliphatic heterocycles. The minimum atomic E-state index is -0.156. The molecular weight excluding hydrogens is 264 g/mol. The van der Waals surface area contributed by atoms with Crippen LogP contribution < -0.4 is 5.32 Å². The van der Waals surface area contributed by atoms with E-state index in [0.717, 1.165) is 18.4 Å². The molecule has 0 unspecified atom stereocenters. The highest BCUT2D eigenvalue weighted by molar-refractivity contribution is 6.04. The first kappa shape index (κ1) is 15.5. The molecule has 0 radical (unpaired) electrons. The van der Waals surface area contributed by atoms with Gasteiger partial charge in [0, 0.05) is 5.56 Å². The van der Waals surface area contributed by atoms with E-state index in [0.29, 0.717) is 18.2 Å². The number of amidine groups is 1. The van der Waals surface area contributed by atoms with Crippen molar-refractivity contribution in [3.05, 3.63) is 35.4 Å². The highest BCUT2D eigenvalue weighted by atomic mass is 16.5. The van der Waals surface area contributed by atoms with Crippen molar-refractivity contribution in [1.82, 2.24) is 5.32 Å². The van der Waals surface area contributed by atoms with Gasteiger partial charge in [0.15, 0.2) is 0 Å². The van der Waals surface area contributed by atoms with E-state index in [1.807, 2.05) is 38.1 Å². The fourth-order valence-corrected chi connectivity index (χ4v) is 2.61. The van der Waals surface area contributed by atoms with E-state index in [4.69, 9.17) is 4.74 Å². The quantitative estimate of drug-likeness (QED) is 0.684. The van der Waals surface area contributed by atoms with E-state index < -0.39 is 0 Å². The summed E-state index contributed by atoms with van der Waals surface area (Å²) in [5.41, 5.74) is 1.61. The highest BCUT2D eigenvalue weighted by Crippen LogP contribution is 2.20. The maximum atomic E-state index is 12.3. The van der Waals surface area contributed by atoms with Gasteiger partial charge in [-0.1, -0.05) is 37.5 Å². The van der Waals surface area contributed by atoms with Crippen molar-refractivity contribution in [1.29, 1.82) is 0 Å². The number of aryl methyl sites for hydroxylation is 1. The van der Waals surface area contributed by atoms with Crippen molar-refractivity contribution in [3.8, 4) is 0 Å². The Labute approximate surface area is 126 Å². The molecule has 0 atom stereocenters. The average Bonchev–Trinajstić information content (AvgIpc) is 2.49. The highest BCUT2D eigenvalue weighted by Gasteiger charge is 2.16. The van der Waals surface area contributed by atoms with Gasteiger partial charge in [-0.05, 0) is 38.3 Å². The molecule has 114 valence electrons. The molecule has 4 heteroatoms. The Balaban J connectivity index is 2.06. The summed E-state index contributed by atoms with van der Waals surface area (Å²) in [5, 5.41) is 2.81. The van der Waals surface area contributed by atoms with E-state index in [9.17, 15) is 4.79 Å². The van der Waals surface area contributed by atoms with Gasteiger partial charge in [-0.3, -0.25) is 10.1 Å². The maximum Gasteiger partial charge on any atom is 0.291 e. The number of rotatable bonds is 3. The van der Waals surface area contributed by atoms with Crippen LogP contribution in [0, 0.1) is 6.92 Å². The van der Waals surface area contributed by atoms with Crippen LogP contribution in [0.15, 0.2) is 29.3 Å². The van der Waals surface area contributed by atoms with E-state index in [-0.39, 0.29) is 11.9 Å². The van der Waals surface area contributed by atoms with Crippen LogP contribution in [0.2, 0.25) is 0 Å². The molecule has 1 saturated carbocycles. The SMILES string of the molecule is CCOC(=NC1CCCCC1)NC(=O)c1ccccc1C. The number of hydrogen-bond acceptors (Lipinski definition) is 3. The number of nitrogens with zero attached hydrogens (tertiary/aromatic N) is 1. The molecule has 1 aliphatic carbocycles. The summed E-state index contributed by atoms with van der Waals surface area (Å²) >= 11 is 0. The lowest BCUT2D eigenvalue weighted by molar-refractivity contribution is 0.0965. The topological polar surface area (TPSA) is 50.7 Å². The first-order valence-electron chi connectivity index (χ1n) is 7.78. The van der Waals surface area contributed by atoms with Gasteiger partial charge in [0.05, 0.1) is 12.6 Å². The Kier molecular flexibility index (Phi) is 5.78. The molecule has 1 aliphatic rings. The number of benzene rings is 1. The number of nitrogens with one attached hydrogen (secondary N) is 1. The Morgan fingerprint density at radius 2 is 2.00 bits per heavy atom. The Morgan fingerprint density at radius 3 is 2.67 bits per heavy atom. The van der Waals surface area contributed by atoms with E-state index in [1.165, 1.54) is 19.3 Å². The number of aliphatic imine (C=N–C) groups is 1. The van der Waals surface area contributed by atoms with Crippen molar-refractivity contribution in [2.24, 2.45) is 4.99 Å². The van der Waals surface area contributed by atoms with Crippen LogP contribution in [-0.2, 0) is 4.74 Å². The Morgan fingerprint density at radius 1 is 1.29 bits per heavy atom. The van der Waals surface area contributed by atoms with Crippen molar-refractivity contribution in [3.63, 3.8) is 0 Å². The number of carbonyl (C=O) groups is 1. The van der Waals surface area contributed by atoms with Crippen molar-refractivity contribution >= 4 is 11.9 Å². The summed E-state index contributed by atoms with van der Waals surface area (Å²) < 4.78 is 5.49. The van der Waals surface area contributed by atoms with Gasteiger partial charge in [0.1, 0.15) is 0 Å². The van der Waals surface area contributed by atoms with Crippen LogP contribution in [0.1, 0.15) is 54.9 Å². The lowest BCUT2D eigenvalue weighted by Crippen LogP contribution is -2.34. The molecule has 0 heterocycles. The zero-order valence-electron chi connectivity index (χ0n) is 12.9. The van der Waals surface area contributed by atoms with Crippen LogP contribution in [0.25, 0.3) is 0 Å².